The van der Waals surface area contributed by atoms with E-state index in [1.807, 2.05) is 6.92 Å². The summed E-state index contributed by atoms with van der Waals surface area (Å²) in [5.74, 6) is 0.862. The van der Waals surface area contributed by atoms with Crippen LogP contribution in [0.25, 0.3) is 0 Å². The van der Waals surface area contributed by atoms with Crippen LogP contribution >= 0.6 is 0 Å². The lowest BCUT2D eigenvalue weighted by Crippen LogP contribution is -2.14. The third-order valence-electron chi connectivity index (χ3n) is 2.57. The summed E-state index contributed by atoms with van der Waals surface area (Å²) in [6.45, 7) is 2.49. The first-order valence-electron chi connectivity index (χ1n) is 4.86. The molecule has 13 heavy (non-hydrogen) atoms. The monoisotopic (exact) mass is 177 g/mol. The van der Waals surface area contributed by atoms with Crippen molar-refractivity contribution in [1.82, 2.24) is 9.97 Å². The molecule has 2 rings (SSSR count). The molecule has 0 radical (unpaired) electrons. The van der Waals surface area contributed by atoms with Gasteiger partial charge in [0, 0.05) is 12.2 Å². The van der Waals surface area contributed by atoms with Gasteiger partial charge in [0.25, 0.3) is 0 Å². The van der Waals surface area contributed by atoms with Gasteiger partial charge in [-0.25, -0.2) is 9.97 Å². The quantitative estimate of drug-likeness (QED) is 0.699. The first-order valence-corrected chi connectivity index (χ1v) is 4.86. The smallest absolute Gasteiger partial charge is 0.125 e. The molecule has 0 amide bonds. The zero-order valence-corrected chi connectivity index (χ0v) is 8.01. The Hall–Kier alpha value is -0.960. The predicted octanol–water partition coefficient (Wildman–Crippen LogP) is 1.12. The van der Waals surface area contributed by atoms with Crippen LogP contribution in [0.2, 0.25) is 0 Å². The molecule has 0 bridgehead atoms. The van der Waals surface area contributed by atoms with E-state index in [2.05, 4.69) is 9.97 Å². The van der Waals surface area contributed by atoms with Crippen molar-refractivity contribution < 1.29 is 0 Å². The van der Waals surface area contributed by atoms with E-state index >= 15 is 0 Å². The van der Waals surface area contributed by atoms with E-state index in [-0.39, 0.29) is 0 Å². The van der Waals surface area contributed by atoms with Gasteiger partial charge in [0.05, 0.1) is 5.69 Å². The van der Waals surface area contributed by atoms with E-state index in [1.165, 1.54) is 24.1 Å². The largest absolute Gasteiger partial charge is 0.325 e. The molecule has 0 spiro atoms. The Morgan fingerprint density at radius 3 is 2.77 bits per heavy atom. The molecule has 1 aromatic rings. The highest BCUT2D eigenvalue weighted by atomic mass is 14.9. The lowest BCUT2D eigenvalue weighted by molar-refractivity contribution is 0.646. The maximum atomic E-state index is 5.65. The minimum Gasteiger partial charge on any atom is -0.325 e. The summed E-state index contributed by atoms with van der Waals surface area (Å²) in [6, 6.07) is 0. The number of aryl methyl sites for hydroxylation is 2. The summed E-state index contributed by atoms with van der Waals surface area (Å²) >= 11 is 0. The van der Waals surface area contributed by atoms with Gasteiger partial charge in [-0.1, -0.05) is 0 Å². The molecule has 1 aromatic heterocycles. The van der Waals surface area contributed by atoms with Crippen LogP contribution < -0.4 is 5.73 Å². The highest BCUT2D eigenvalue weighted by molar-refractivity contribution is 5.28. The van der Waals surface area contributed by atoms with Gasteiger partial charge in [0.2, 0.25) is 0 Å². The second-order valence-electron chi connectivity index (χ2n) is 3.55. The molecule has 1 heterocycles. The standard InChI is InChI=1S/C10H15N3/c1-7-12-9-5-3-2-4-8(9)10(6-11)13-7/h2-6,11H2,1H3. The molecule has 3 nitrogen and oxygen atoms in total. The third kappa shape index (κ3) is 1.56. The molecule has 0 aromatic carbocycles. The molecule has 70 valence electrons. The molecule has 1 aliphatic carbocycles. The van der Waals surface area contributed by atoms with E-state index < -0.39 is 0 Å². The van der Waals surface area contributed by atoms with Gasteiger partial charge >= 0.3 is 0 Å². The highest BCUT2D eigenvalue weighted by Crippen LogP contribution is 2.21. The average molecular weight is 177 g/mol. The Morgan fingerprint density at radius 1 is 1.23 bits per heavy atom. The average Bonchev–Trinajstić information content (AvgIpc) is 2.16. The molecule has 3 heteroatoms. The Balaban J connectivity index is 2.50. The predicted molar refractivity (Wildman–Crippen MR) is 51.3 cm³/mol. The number of hydrogen-bond acceptors (Lipinski definition) is 3. The van der Waals surface area contributed by atoms with Gasteiger partial charge in [0.1, 0.15) is 5.82 Å². The van der Waals surface area contributed by atoms with Gasteiger partial charge in [-0.15, -0.1) is 0 Å². The number of nitrogens with two attached hydrogens (primary N) is 1. The van der Waals surface area contributed by atoms with Crippen molar-refractivity contribution in [3.8, 4) is 0 Å². The summed E-state index contributed by atoms with van der Waals surface area (Å²) in [7, 11) is 0. The van der Waals surface area contributed by atoms with Crippen LogP contribution in [0.4, 0.5) is 0 Å². The minimum absolute atomic E-state index is 0.547. The van der Waals surface area contributed by atoms with Gasteiger partial charge in [0.15, 0.2) is 0 Å². The van der Waals surface area contributed by atoms with Crippen LogP contribution in [0.5, 0.6) is 0 Å². The van der Waals surface area contributed by atoms with E-state index in [1.54, 1.807) is 0 Å². The summed E-state index contributed by atoms with van der Waals surface area (Å²) in [6.07, 6.45) is 4.73. The number of nitrogens with zero attached hydrogens (tertiary/aromatic N) is 2. The molecule has 0 atom stereocenters. The van der Waals surface area contributed by atoms with Crippen LogP contribution in [0.3, 0.4) is 0 Å². The Kier molecular flexibility index (Phi) is 2.27. The van der Waals surface area contributed by atoms with Gasteiger partial charge in [-0.05, 0) is 38.2 Å². The van der Waals surface area contributed by atoms with Crippen molar-refractivity contribution in [2.24, 2.45) is 5.73 Å². The van der Waals surface area contributed by atoms with E-state index in [0.717, 1.165) is 24.4 Å². The van der Waals surface area contributed by atoms with Crippen molar-refractivity contribution in [2.45, 2.75) is 39.2 Å². The third-order valence-corrected chi connectivity index (χ3v) is 2.57. The molecule has 2 N–H and O–H groups in total. The van der Waals surface area contributed by atoms with Crippen molar-refractivity contribution in [1.29, 1.82) is 0 Å². The van der Waals surface area contributed by atoms with Crippen LogP contribution in [-0.4, -0.2) is 9.97 Å². The molecule has 1 aliphatic rings. The molecule has 0 saturated carbocycles. The van der Waals surface area contributed by atoms with Gasteiger partial charge in [-0.2, -0.15) is 0 Å². The molecular weight excluding hydrogens is 162 g/mol. The van der Waals surface area contributed by atoms with Gasteiger partial charge in [-0.3, -0.25) is 0 Å². The summed E-state index contributed by atoms with van der Waals surface area (Å²) in [5.41, 5.74) is 9.26. The molecule has 0 aliphatic heterocycles. The van der Waals surface area contributed by atoms with Crippen molar-refractivity contribution in [2.75, 3.05) is 0 Å². The molecular formula is C10H15N3. The number of rotatable bonds is 1. The van der Waals surface area contributed by atoms with E-state index in [9.17, 15) is 0 Å². The summed E-state index contributed by atoms with van der Waals surface area (Å²) < 4.78 is 0. The first kappa shape index (κ1) is 8.63. The second kappa shape index (κ2) is 3.42. The molecule has 0 fully saturated rings. The Labute approximate surface area is 78.4 Å². The fourth-order valence-corrected chi connectivity index (χ4v) is 1.98. The van der Waals surface area contributed by atoms with Crippen LogP contribution in [0.15, 0.2) is 0 Å². The van der Waals surface area contributed by atoms with Crippen molar-refractivity contribution >= 4 is 0 Å². The fourth-order valence-electron chi connectivity index (χ4n) is 1.98. The lowest BCUT2D eigenvalue weighted by Gasteiger charge is -2.17. The number of hydrogen-bond donors (Lipinski definition) is 1. The molecule has 0 saturated heterocycles. The van der Waals surface area contributed by atoms with E-state index in [4.69, 9.17) is 5.73 Å². The highest BCUT2D eigenvalue weighted by Gasteiger charge is 2.15. The first-order chi connectivity index (χ1) is 6.31. The molecule has 0 unspecified atom stereocenters. The normalized spacial score (nSPS) is 15.5. The topological polar surface area (TPSA) is 51.8 Å². The lowest BCUT2D eigenvalue weighted by atomic mass is 9.94. The Bertz CT molecular complexity index is 303. The fraction of sp³-hybridized carbons (Fsp3) is 0.600. The minimum atomic E-state index is 0.547. The van der Waals surface area contributed by atoms with Gasteiger partial charge < -0.3 is 5.73 Å². The van der Waals surface area contributed by atoms with Crippen LogP contribution in [-0.2, 0) is 19.4 Å². The number of aromatic nitrogens is 2. The maximum Gasteiger partial charge on any atom is 0.125 e. The van der Waals surface area contributed by atoms with E-state index in [0.29, 0.717) is 6.54 Å². The Morgan fingerprint density at radius 2 is 2.00 bits per heavy atom. The zero-order valence-electron chi connectivity index (χ0n) is 8.01. The van der Waals surface area contributed by atoms with Crippen LogP contribution in [0.1, 0.15) is 35.6 Å². The summed E-state index contributed by atoms with van der Waals surface area (Å²) in [4.78, 5) is 8.82. The number of fused-ring (bicyclic) bond motifs is 1. The zero-order chi connectivity index (χ0) is 9.26. The SMILES string of the molecule is Cc1nc(CN)c2c(n1)CCCC2. The van der Waals surface area contributed by atoms with Crippen molar-refractivity contribution in [3.05, 3.63) is 22.8 Å². The maximum absolute atomic E-state index is 5.65. The second-order valence-corrected chi connectivity index (χ2v) is 3.55. The van der Waals surface area contributed by atoms with Crippen LogP contribution in [0, 0.1) is 6.92 Å². The summed E-state index contributed by atoms with van der Waals surface area (Å²) in [5, 5.41) is 0. The van der Waals surface area contributed by atoms with Crippen molar-refractivity contribution in [3.63, 3.8) is 0 Å².